The number of hydrogen-bond donors (Lipinski definition) is 2. The van der Waals surface area contributed by atoms with Crippen molar-refractivity contribution in [3.05, 3.63) is 106 Å². The number of nitrogens with zero attached hydrogens (tertiary/aromatic N) is 2. The SMILES string of the molecule is O=C(NC(c1ccccc1)c1nc2ccc([N+](=O)[O-])cc2[nH]1)c1cccc(F)c1. The standard InChI is InChI=1S/C21H15FN4O3/c22-15-8-4-7-14(11-15)21(27)25-19(13-5-2-1-3-6-13)20-23-17-10-9-16(26(28)29)12-18(17)24-20/h1-12,19H,(H,23,24)(H,25,27). The van der Waals surface area contributed by atoms with E-state index in [0.717, 1.165) is 11.6 Å². The minimum Gasteiger partial charge on any atom is -0.340 e. The van der Waals surface area contributed by atoms with Gasteiger partial charge in [0.1, 0.15) is 17.7 Å². The summed E-state index contributed by atoms with van der Waals surface area (Å²) < 4.78 is 13.5. The molecule has 2 N–H and O–H groups in total. The molecule has 8 heteroatoms. The number of non-ortho nitro benzene ring substituents is 1. The van der Waals surface area contributed by atoms with E-state index < -0.39 is 22.7 Å². The van der Waals surface area contributed by atoms with E-state index in [1.165, 1.54) is 30.3 Å². The predicted molar refractivity (Wildman–Crippen MR) is 105 cm³/mol. The largest absolute Gasteiger partial charge is 0.340 e. The van der Waals surface area contributed by atoms with Crippen LogP contribution in [0.15, 0.2) is 72.8 Å². The summed E-state index contributed by atoms with van der Waals surface area (Å²) in [5.41, 5.74) is 1.89. The normalized spacial score (nSPS) is 11.9. The summed E-state index contributed by atoms with van der Waals surface area (Å²) in [6.07, 6.45) is 0. The number of carbonyl (C=O) groups excluding carboxylic acids is 1. The number of amides is 1. The van der Waals surface area contributed by atoms with Crippen LogP contribution in [0.4, 0.5) is 10.1 Å². The number of rotatable bonds is 5. The van der Waals surface area contributed by atoms with Crippen LogP contribution in [0.3, 0.4) is 0 Å². The zero-order chi connectivity index (χ0) is 20.4. The number of H-pyrrole nitrogens is 1. The van der Waals surface area contributed by atoms with E-state index in [2.05, 4.69) is 15.3 Å². The highest BCUT2D eigenvalue weighted by Gasteiger charge is 2.22. The third-order valence-electron chi connectivity index (χ3n) is 4.46. The Hall–Kier alpha value is -4.07. The molecule has 1 heterocycles. The summed E-state index contributed by atoms with van der Waals surface area (Å²) in [7, 11) is 0. The number of fused-ring (bicyclic) bond motifs is 1. The van der Waals surface area contributed by atoms with Crippen molar-refractivity contribution in [1.82, 2.24) is 15.3 Å². The second kappa shape index (κ2) is 7.51. The number of halogens is 1. The molecule has 1 atom stereocenters. The number of hydrogen-bond acceptors (Lipinski definition) is 4. The van der Waals surface area contributed by atoms with Crippen LogP contribution >= 0.6 is 0 Å². The Morgan fingerprint density at radius 1 is 1.07 bits per heavy atom. The maximum atomic E-state index is 13.5. The monoisotopic (exact) mass is 390 g/mol. The third-order valence-corrected chi connectivity index (χ3v) is 4.46. The van der Waals surface area contributed by atoms with Crippen molar-refractivity contribution in [2.75, 3.05) is 0 Å². The second-order valence-electron chi connectivity index (χ2n) is 6.41. The highest BCUT2D eigenvalue weighted by molar-refractivity contribution is 5.94. The number of nitrogens with one attached hydrogen (secondary N) is 2. The van der Waals surface area contributed by atoms with Gasteiger partial charge in [-0.25, -0.2) is 9.37 Å². The average Bonchev–Trinajstić information content (AvgIpc) is 3.15. The highest BCUT2D eigenvalue weighted by atomic mass is 19.1. The molecule has 4 aromatic rings. The predicted octanol–water partition coefficient (Wildman–Crippen LogP) is 4.13. The molecule has 0 saturated carbocycles. The number of aromatic nitrogens is 2. The van der Waals surface area contributed by atoms with E-state index in [-0.39, 0.29) is 11.3 Å². The van der Waals surface area contributed by atoms with Crippen LogP contribution in [0, 0.1) is 15.9 Å². The van der Waals surface area contributed by atoms with E-state index in [1.54, 1.807) is 6.07 Å². The van der Waals surface area contributed by atoms with E-state index in [0.29, 0.717) is 16.9 Å². The summed E-state index contributed by atoms with van der Waals surface area (Å²) in [5.74, 6) is -0.564. The molecule has 0 fully saturated rings. The van der Waals surface area contributed by atoms with Gasteiger partial charge in [-0.2, -0.15) is 0 Å². The third kappa shape index (κ3) is 3.81. The van der Waals surface area contributed by atoms with Gasteiger partial charge in [-0.3, -0.25) is 14.9 Å². The minimum absolute atomic E-state index is 0.0623. The van der Waals surface area contributed by atoms with Crippen molar-refractivity contribution in [2.24, 2.45) is 0 Å². The summed E-state index contributed by atoms with van der Waals surface area (Å²) in [6.45, 7) is 0. The first-order valence-electron chi connectivity index (χ1n) is 8.77. The van der Waals surface area contributed by atoms with Crippen LogP contribution in [0.5, 0.6) is 0 Å². The summed E-state index contributed by atoms with van der Waals surface area (Å²) in [4.78, 5) is 30.8. The molecule has 29 heavy (non-hydrogen) atoms. The Bertz CT molecular complexity index is 1210. The van der Waals surface area contributed by atoms with Gasteiger partial charge in [0.25, 0.3) is 11.6 Å². The van der Waals surface area contributed by atoms with Crippen molar-refractivity contribution < 1.29 is 14.1 Å². The Morgan fingerprint density at radius 2 is 1.86 bits per heavy atom. The van der Waals surface area contributed by atoms with Crippen LogP contribution < -0.4 is 5.32 Å². The maximum absolute atomic E-state index is 13.5. The lowest BCUT2D eigenvalue weighted by Gasteiger charge is -2.17. The van der Waals surface area contributed by atoms with Crippen LogP contribution in [0.25, 0.3) is 11.0 Å². The Labute approximate surface area is 164 Å². The molecule has 0 aliphatic carbocycles. The fourth-order valence-corrected chi connectivity index (χ4v) is 3.07. The Balaban J connectivity index is 1.74. The van der Waals surface area contributed by atoms with Crippen LogP contribution in [0.1, 0.15) is 27.8 Å². The first-order chi connectivity index (χ1) is 14.0. The minimum atomic E-state index is -0.654. The van der Waals surface area contributed by atoms with E-state index in [1.807, 2.05) is 30.3 Å². The summed E-state index contributed by atoms with van der Waals surface area (Å²) >= 11 is 0. The van der Waals surface area contributed by atoms with Crippen LogP contribution in [-0.2, 0) is 0 Å². The first-order valence-corrected chi connectivity index (χ1v) is 8.77. The molecular formula is C21H15FN4O3. The van der Waals surface area contributed by atoms with E-state index >= 15 is 0 Å². The summed E-state index contributed by atoms with van der Waals surface area (Å²) in [5, 5.41) is 13.9. The van der Waals surface area contributed by atoms with Crippen molar-refractivity contribution in [2.45, 2.75) is 6.04 Å². The average molecular weight is 390 g/mol. The van der Waals surface area contributed by atoms with Crippen molar-refractivity contribution in [3.8, 4) is 0 Å². The number of carbonyl (C=O) groups is 1. The molecule has 3 aromatic carbocycles. The van der Waals surface area contributed by atoms with Crippen molar-refractivity contribution in [1.29, 1.82) is 0 Å². The maximum Gasteiger partial charge on any atom is 0.271 e. The topological polar surface area (TPSA) is 101 Å². The van der Waals surface area contributed by atoms with Crippen molar-refractivity contribution in [3.63, 3.8) is 0 Å². The van der Waals surface area contributed by atoms with Gasteiger partial charge in [-0.15, -0.1) is 0 Å². The van der Waals surface area contributed by atoms with Gasteiger partial charge in [0.2, 0.25) is 0 Å². The number of benzene rings is 3. The number of nitro groups is 1. The lowest BCUT2D eigenvalue weighted by atomic mass is 10.1. The molecule has 7 nitrogen and oxygen atoms in total. The van der Waals surface area contributed by atoms with E-state index in [9.17, 15) is 19.3 Å². The van der Waals surface area contributed by atoms with Crippen LogP contribution in [0.2, 0.25) is 0 Å². The van der Waals surface area contributed by atoms with E-state index in [4.69, 9.17) is 0 Å². The number of imidazole rings is 1. The molecule has 0 aliphatic heterocycles. The summed E-state index contributed by atoms with van der Waals surface area (Å²) in [6, 6.07) is 18.2. The fraction of sp³-hybridized carbons (Fsp3) is 0.0476. The Kier molecular flexibility index (Phi) is 4.74. The second-order valence-corrected chi connectivity index (χ2v) is 6.41. The Morgan fingerprint density at radius 3 is 2.59 bits per heavy atom. The molecule has 0 spiro atoms. The van der Waals surface area contributed by atoms with Crippen molar-refractivity contribution >= 4 is 22.6 Å². The zero-order valence-corrected chi connectivity index (χ0v) is 15.0. The molecule has 1 unspecified atom stereocenters. The molecule has 144 valence electrons. The van der Waals surface area contributed by atoms with Gasteiger partial charge in [0.15, 0.2) is 0 Å². The van der Waals surface area contributed by atoms with Crippen LogP contribution in [-0.4, -0.2) is 20.8 Å². The van der Waals surface area contributed by atoms with Gasteiger partial charge in [-0.05, 0) is 29.8 Å². The molecule has 0 saturated heterocycles. The molecule has 1 amide bonds. The number of nitro benzene ring substituents is 1. The zero-order valence-electron chi connectivity index (χ0n) is 15.0. The smallest absolute Gasteiger partial charge is 0.271 e. The first kappa shape index (κ1) is 18.3. The highest BCUT2D eigenvalue weighted by Crippen LogP contribution is 2.25. The fourth-order valence-electron chi connectivity index (χ4n) is 3.07. The van der Waals surface area contributed by atoms with Gasteiger partial charge in [0, 0.05) is 17.7 Å². The number of aromatic amines is 1. The molecular weight excluding hydrogens is 375 g/mol. The lowest BCUT2D eigenvalue weighted by molar-refractivity contribution is -0.384. The molecule has 0 radical (unpaired) electrons. The molecule has 0 bridgehead atoms. The van der Waals surface area contributed by atoms with Gasteiger partial charge in [-0.1, -0.05) is 36.4 Å². The lowest BCUT2D eigenvalue weighted by Crippen LogP contribution is -2.30. The van der Waals surface area contributed by atoms with Gasteiger partial charge in [0.05, 0.1) is 16.0 Å². The molecule has 4 rings (SSSR count). The van der Waals surface area contributed by atoms with Gasteiger partial charge < -0.3 is 10.3 Å². The molecule has 1 aromatic heterocycles. The molecule has 0 aliphatic rings. The quantitative estimate of drug-likeness (QED) is 0.395. The van der Waals surface area contributed by atoms with Gasteiger partial charge >= 0.3 is 0 Å².